The average Bonchev–Trinajstić information content (AvgIpc) is 3.84. The van der Waals surface area contributed by atoms with E-state index in [-0.39, 0.29) is 0 Å². The highest BCUT2D eigenvalue weighted by Crippen LogP contribution is 2.40. The molecule has 53 heavy (non-hydrogen) atoms. The third-order valence-electron chi connectivity index (χ3n) is 10.1. The molecule has 0 saturated heterocycles. The molecule has 0 aliphatic carbocycles. The number of anilines is 3. The lowest BCUT2D eigenvalue weighted by molar-refractivity contribution is 0.669. The first-order valence-corrected chi connectivity index (χ1v) is 18.7. The molecule has 250 valence electrons. The highest BCUT2D eigenvalue weighted by molar-refractivity contribution is 7.22. The van der Waals surface area contributed by atoms with Crippen LogP contribution in [0.4, 0.5) is 17.1 Å². The van der Waals surface area contributed by atoms with Crippen molar-refractivity contribution in [3.8, 4) is 43.8 Å². The summed E-state index contributed by atoms with van der Waals surface area (Å²) in [6.45, 7) is 0. The van der Waals surface area contributed by atoms with Gasteiger partial charge in [-0.2, -0.15) is 0 Å². The number of nitrogens with zero attached hydrogens (tertiary/aromatic N) is 1. The number of benzene rings is 8. The molecule has 0 spiro atoms. The van der Waals surface area contributed by atoms with Gasteiger partial charge in [0.1, 0.15) is 11.2 Å². The Bertz CT molecular complexity index is 2820. The number of para-hydroxylation sites is 1. The zero-order valence-corrected chi connectivity index (χ0v) is 29.6. The Morgan fingerprint density at radius 2 is 0.811 bits per heavy atom. The SMILES string of the molecule is c1ccc(-c2ccc(-c3ccc(N(c4ccc(-c5ccc6oc7ccccc7c6c5)cc4)c4ccc(-c5cc6ccccc6s5)cc4)cc3)cc2)cc1. The predicted molar refractivity (Wildman–Crippen MR) is 226 cm³/mol. The molecule has 0 N–H and O–H groups in total. The summed E-state index contributed by atoms with van der Waals surface area (Å²) in [5.74, 6) is 0. The number of furan rings is 1. The Morgan fingerprint density at radius 1 is 0.340 bits per heavy atom. The maximum Gasteiger partial charge on any atom is 0.135 e. The fourth-order valence-corrected chi connectivity index (χ4v) is 8.41. The van der Waals surface area contributed by atoms with Crippen molar-refractivity contribution in [2.75, 3.05) is 4.90 Å². The van der Waals surface area contributed by atoms with Crippen LogP contribution in [0.25, 0.3) is 75.8 Å². The molecule has 0 radical (unpaired) electrons. The van der Waals surface area contributed by atoms with Crippen LogP contribution in [-0.4, -0.2) is 0 Å². The van der Waals surface area contributed by atoms with E-state index in [1.807, 2.05) is 23.5 Å². The van der Waals surface area contributed by atoms with Crippen molar-refractivity contribution in [1.29, 1.82) is 0 Å². The molecule has 2 heterocycles. The van der Waals surface area contributed by atoms with E-state index < -0.39 is 0 Å². The van der Waals surface area contributed by atoms with Crippen molar-refractivity contribution in [3.63, 3.8) is 0 Å². The molecule has 2 aromatic heterocycles. The predicted octanol–water partition coefficient (Wildman–Crippen LogP) is 14.9. The summed E-state index contributed by atoms with van der Waals surface area (Å²) in [5.41, 5.74) is 13.5. The highest BCUT2D eigenvalue weighted by Gasteiger charge is 2.15. The zero-order valence-electron chi connectivity index (χ0n) is 28.8. The number of thiophene rings is 1. The van der Waals surface area contributed by atoms with Crippen LogP contribution in [0.5, 0.6) is 0 Å². The van der Waals surface area contributed by atoms with Crippen LogP contribution in [0.15, 0.2) is 205 Å². The molecule has 0 amide bonds. The number of fused-ring (bicyclic) bond motifs is 4. The largest absolute Gasteiger partial charge is 0.456 e. The van der Waals surface area contributed by atoms with E-state index in [9.17, 15) is 0 Å². The monoisotopic (exact) mass is 695 g/mol. The number of rotatable bonds is 7. The van der Waals surface area contributed by atoms with E-state index in [1.54, 1.807) is 0 Å². The minimum Gasteiger partial charge on any atom is -0.456 e. The normalized spacial score (nSPS) is 11.4. The Labute approximate surface area is 312 Å². The Morgan fingerprint density at radius 3 is 1.45 bits per heavy atom. The van der Waals surface area contributed by atoms with Gasteiger partial charge in [0.05, 0.1) is 0 Å². The third kappa shape index (κ3) is 5.87. The summed E-state index contributed by atoms with van der Waals surface area (Å²) in [6.07, 6.45) is 0. The quantitative estimate of drug-likeness (QED) is 0.165. The van der Waals surface area contributed by atoms with Crippen LogP contribution in [-0.2, 0) is 0 Å². The van der Waals surface area contributed by atoms with Gasteiger partial charge in [0.15, 0.2) is 0 Å². The Balaban J connectivity index is 0.999. The first-order chi connectivity index (χ1) is 26.2. The fraction of sp³-hybridized carbons (Fsp3) is 0. The zero-order chi connectivity index (χ0) is 35.1. The van der Waals surface area contributed by atoms with Crippen molar-refractivity contribution in [2.24, 2.45) is 0 Å². The van der Waals surface area contributed by atoms with E-state index in [2.05, 4.69) is 193 Å². The molecule has 0 aliphatic heterocycles. The lowest BCUT2D eigenvalue weighted by Gasteiger charge is -2.26. The van der Waals surface area contributed by atoms with E-state index in [4.69, 9.17) is 4.42 Å². The molecule has 0 aliphatic rings. The van der Waals surface area contributed by atoms with Crippen molar-refractivity contribution in [3.05, 3.63) is 200 Å². The molecular formula is C50H33NOS. The second kappa shape index (κ2) is 13.1. The minimum atomic E-state index is 0.910. The van der Waals surface area contributed by atoms with Crippen LogP contribution in [0, 0.1) is 0 Å². The summed E-state index contributed by atoms with van der Waals surface area (Å²) < 4.78 is 7.41. The highest BCUT2D eigenvalue weighted by atomic mass is 32.1. The van der Waals surface area contributed by atoms with Gasteiger partial charge in [-0.15, -0.1) is 11.3 Å². The molecule has 3 heteroatoms. The van der Waals surface area contributed by atoms with Gasteiger partial charge in [-0.3, -0.25) is 0 Å². The van der Waals surface area contributed by atoms with Crippen molar-refractivity contribution >= 4 is 60.4 Å². The maximum atomic E-state index is 6.10. The first kappa shape index (κ1) is 31.1. The summed E-state index contributed by atoms with van der Waals surface area (Å²) in [4.78, 5) is 3.62. The van der Waals surface area contributed by atoms with Crippen molar-refractivity contribution in [2.45, 2.75) is 0 Å². The van der Waals surface area contributed by atoms with Gasteiger partial charge in [-0.1, -0.05) is 133 Å². The van der Waals surface area contributed by atoms with Crippen LogP contribution >= 0.6 is 11.3 Å². The van der Waals surface area contributed by atoms with Crippen molar-refractivity contribution in [1.82, 2.24) is 0 Å². The lowest BCUT2D eigenvalue weighted by Crippen LogP contribution is -2.09. The lowest BCUT2D eigenvalue weighted by atomic mass is 10.00. The Kier molecular flexibility index (Phi) is 7.71. The van der Waals surface area contributed by atoms with E-state index in [0.717, 1.165) is 50.1 Å². The standard InChI is InChI=1S/C50H33NOS/c1-2-8-34(9-3-1)35-14-16-36(17-15-35)37-18-25-42(26-19-37)51(44-29-22-39(23-30-44)50-33-41-10-4-7-13-49(41)53-50)43-27-20-38(21-28-43)40-24-31-48-46(32-40)45-11-5-6-12-47(45)52-48/h1-33H. The molecule has 0 atom stereocenters. The van der Waals surface area contributed by atoms with Gasteiger partial charge in [0.25, 0.3) is 0 Å². The summed E-state index contributed by atoms with van der Waals surface area (Å²) in [6, 6.07) is 71.7. The van der Waals surface area contributed by atoms with E-state index >= 15 is 0 Å². The number of hydrogen-bond donors (Lipinski definition) is 0. The number of hydrogen-bond acceptors (Lipinski definition) is 3. The van der Waals surface area contributed by atoms with Crippen LogP contribution < -0.4 is 4.90 Å². The Hall–Kier alpha value is -6.68. The molecule has 10 rings (SSSR count). The maximum absolute atomic E-state index is 6.10. The molecule has 8 aromatic carbocycles. The second-order valence-corrected chi connectivity index (χ2v) is 14.5. The van der Waals surface area contributed by atoms with Crippen LogP contribution in [0.3, 0.4) is 0 Å². The van der Waals surface area contributed by atoms with Gasteiger partial charge in [-0.25, -0.2) is 0 Å². The average molecular weight is 696 g/mol. The third-order valence-corrected chi connectivity index (χ3v) is 11.3. The van der Waals surface area contributed by atoms with Crippen LogP contribution in [0.1, 0.15) is 0 Å². The molecule has 0 fully saturated rings. The van der Waals surface area contributed by atoms with Gasteiger partial charge in [-0.05, 0) is 111 Å². The fourth-order valence-electron chi connectivity index (χ4n) is 7.34. The van der Waals surface area contributed by atoms with Crippen LogP contribution in [0.2, 0.25) is 0 Å². The van der Waals surface area contributed by atoms with Gasteiger partial charge >= 0.3 is 0 Å². The summed E-state index contributed by atoms with van der Waals surface area (Å²) in [7, 11) is 0. The molecule has 10 aromatic rings. The second-order valence-electron chi connectivity index (χ2n) is 13.4. The molecule has 0 bridgehead atoms. The van der Waals surface area contributed by atoms with Gasteiger partial charge in [0.2, 0.25) is 0 Å². The summed E-state index contributed by atoms with van der Waals surface area (Å²) in [5, 5.41) is 3.56. The molecule has 2 nitrogen and oxygen atoms in total. The topological polar surface area (TPSA) is 16.4 Å². The smallest absolute Gasteiger partial charge is 0.135 e. The first-order valence-electron chi connectivity index (χ1n) is 17.9. The van der Waals surface area contributed by atoms with Gasteiger partial charge < -0.3 is 9.32 Å². The molecule has 0 saturated carbocycles. The van der Waals surface area contributed by atoms with E-state index in [0.29, 0.717) is 0 Å². The summed E-state index contributed by atoms with van der Waals surface area (Å²) >= 11 is 1.84. The molecular weight excluding hydrogens is 663 g/mol. The minimum absolute atomic E-state index is 0.910. The molecule has 0 unspecified atom stereocenters. The van der Waals surface area contributed by atoms with Gasteiger partial charge in [0, 0.05) is 37.4 Å². The van der Waals surface area contributed by atoms with Crippen molar-refractivity contribution < 1.29 is 4.42 Å². The van der Waals surface area contributed by atoms with E-state index in [1.165, 1.54) is 42.8 Å².